The number of aliphatic hydroxyl groups is 1. The molecule has 2 aliphatic heterocycles. The van der Waals surface area contributed by atoms with Crippen molar-refractivity contribution in [1.29, 1.82) is 0 Å². The quantitative estimate of drug-likeness (QED) is 0.625. The summed E-state index contributed by atoms with van der Waals surface area (Å²) in [4.78, 5) is 12.3. The Hall–Kier alpha value is -2.71. The zero-order chi connectivity index (χ0) is 21.7. The van der Waals surface area contributed by atoms with Crippen molar-refractivity contribution in [2.75, 3.05) is 13.2 Å². The fourth-order valence-electron chi connectivity index (χ4n) is 4.49. The summed E-state index contributed by atoms with van der Waals surface area (Å²) in [6.45, 7) is 0.586. The molecule has 3 aliphatic rings. The average molecular weight is 452 g/mol. The van der Waals surface area contributed by atoms with E-state index in [1.54, 1.807) is 0 Å². The minimum Gasteiger partial charge on any atom is -0.456 e. The van der Waals surface area contributed by atoms with Crippen LogP contribution in [0.1, 0.15) is 18.4 Å². The van der Waals surface area contributed by atoms with Crippen LogP contribution in [0.25, 0.3) is 28.0 Å². The third-order valence-electron chi connectivity index (χ3n) is 6.14. The topological polar surface area (TPSA) is 89.5 Å². The Kier molecular flexibility index (Phi) is 4.99. The van der Waals surface area contributed by atoms with E-state index in [4.69, 9.17) is 25.8 Å². The molecule has 4 atom stereocenters. The largest absolute Gasteiger partial charge is 0.456 e. The zero-order valence-electron chi connectivity index (χ0n) is 17.2. The molecule has 32 heavy (non-hydrogen) atoms. The van der Waals surface area contributed by atoms with Gasteiger partial charge in [-0.3, -0.25) is 0 Å². The first-order valence-corrected chi connectivity index (χ1v) is 11.2. The van der Waals surface area contributed by atoms with Gasteiger partial charge in [0.25, 0.3) is 6.01 Å². The van der Waals surface area contributed by atoms with Crippen LogP contribution in [0.15, 0.2) is 48.6 Å². The third kappa shape index (κ3) is 3.51. The van der Waals surface area contributed by atoms with E-state index < -0.39 is 6.10 Å². The molecule has 0 radical (unpaired) electrons. The highest BCUT2D eigenvalue weighted by molar-refractivity contribution is 6.33. The molecule has 4 heterocycles. The van der Waals surface area contributed by atoms with Gasteiger partial charge in [-0.2, -0.15) is 4.98 Å². The van der Waals surface area contributed by atoms with E-state index in [-0.39, 0.29) is 24.9 Å². The highest BCUT2D eigenvalue weighted by atomic mass is 35.5. The highest BCUT2D eigenvalue weighted by Crippen LogP contribution is 2.33. The van der Waals surface area contributed by atoms with Crippen molar-refractivity contribution in [3.05, 3.63) is 59.1 Å². The number of rotatable bonds is 4. The number of hydrogen-bond donors (Lipinski definition) is 2. The second-order valence-corrected chi connectivity index (χ2v) is 8.68. The van der Waals surface area contributed by atoms with Crippen LogP contribution in [-0.4, -0.2) is 57.7 Å². The fourth-order valence-corrected chi connectivity index (χ4v) is 4.75. The van der Waals surface area contributed by atoms with Crippen LogP contribution in [0, 0.1) is 0 Å². The van der Waals surface area contributed by atoms with Crippen molar-refractivity contribution in [2.45, 2.75) is 37.3 Å². The fraction of sp³-hybridized carbons (Fsp3) is 0.333. The Morgan fingerprint density at radius 1 is 1.03 bits per heavy atom. The molecule has 8 heteroatoms. The van der Waals surface area contributed by atoms with Gasteiger partial charge in [0, 0.05) is 5.56 Å². The molecule has 0 saturated carbocycles. The van der Waals surface area contributed by atoms with Crippen molar-refractivity contribution < 1.29 is 19.3 Å². The van der Waals surface area contributed by atoms with Gasteiger partial charge < -0.3 is 24.3 Å². The minimum absolute atomic E-state index is 0.252. The maximum atomic E-state index is 9.90. The number of aromatic nitrogens is 3. The maximum Gasteiger partial charge on any atom is 0.296 e. The minimum atomic E-state index is -0.621. The number of H-pyrrole nitrogens is 1. The predicted molar refractivity (Wildman–Crippen MR) is 121 cm³/mol. The van der Waals surface area contributed by atoms with E-state index in [1.165, 1.54) is 11.1 Å². The van der Waals surface area contributed by atoms with Crippen molar-refractivity contribution in [3.8, 4) is 17.3 Å². The number of halogens is 1. The number of aliphatic hydroxyl groups excluding tert-OH is 1. The van der Waals surface area contributed by atoms with Crippen LogP contribution in [0.2, 0.25) is 5.02 Å². The van der Waals surface area contributed by atoms with Crippen molar-refractivity contribution in [1.82, 2.24) is 15.0 Å². The smallest absolute Gasteiger partial charge is 0.296 e. The van der Waals surface area contributed by atoms with E-state index >= 15 is 0 Å². The van der Waals surface area contributed by atoms with Gasteiger partial charge >= 0.3 is 0 Å². The van der Waals surface area contributed by atoms with Gasteiger partial charge in [0.15, 0.2) is 11.8 Å². The van der Waals surface area contributed by atoms with E-state index in [1.807, 2.05) is 18.2 Å². The number of pyridine rings is 1. The summed E-state index contributed by atoms with van der Waals surface area (Å²) in [5.74, 6) is 0. The molecule has 3 aromatic rings. The molecule has 1 aromatic carbocycles. The zero-order valence-corrected chi connectivity index (χ0v) is 18.0. The highest BCUT2D eigenvalue weighted by Gasteiger charge is 2.48. The SMILES string of the molecule is O[C@@H]1CO[C@@H]2C1OC[C@@H]2Oc1nc2nc(-c3ccc(C4=CCCC=C4)cc3)c(Cl)cc2[nH]1. The molecule has 1 aliphatic carbocycles. The monoisotopic (exact) mass is 451 g/mol. The third-order valence-corrected chi connectivity index (χ3v) is 6.42. The summed E-state index contributed by atoms with van der Waals surface area (Å²) in [7, 11) is 0. The molecular formula is C24H22ClN3O4. The lowest BCUT2D eigenvalue weighted by Crippen LogP contribution is -2.34. The number of imidazole rings is 1. The standard InChI is InChI=1S/C24H22ClN3O4/c25-16-10-17-23(28-24(26-17)32-19-12-31-21-18(29)11-30-22(19)21)27-20(16)15-8-6-14(7-9-15)13-4-2-1-3-5-13/h2,4-10,18-19,21-22,29H,1,3,11-12H2,(H,26,27,28)/t18-,19+,21?,22+/m1/s1. The van der Waals surface area contributed by atoms with Gasteiger partial charge in [0.05, 0.1) is 29.4 Å². The molecule has 164 valence electrons. The van der Waals surface area contributed by atoms with Crippen LogP contribution >= 0.6 is 11.6 Å². The van der Waals surface area contributed by atoms with Crippen molar-refractivity contribution >= 4 is 28.3 Å². The molecule has 1 unspecified atom stereocenters. The number of aromatic amines is 1. The summed E-state index contributed by atoms with van der Waals surface area (Å²) in [5, 5.41) is 10.4. The van der Waals surface area contributed by atoms with Crippen LogP contribution in [0.3, 0.4) is 0 Å². The number of fused-ring (bicyclic) bond motifs is 2. The predicted octanol–water partition coefficient (Wildman–Crippen LogP) is 3.92. The summed E-state index contributed by atoms with van der Waals surface area (Å²) < 4.78 is 17.2. The second kappa shape index (κ2) is 8.01. The Morgan fingerprint density at radius 2 is 1.84 bits per heavy atom. The van der Waals surface area contributed by atoms with Gasteiger partial charge in [0.2, 0.25) is 0 Å². The average Bonchev–Trinajstić information content (AvgIpc) is 3.51. The number of allylic oxidation sites excluding steroid dienone is 4. The van der Waals surface area contributed by atoms with Gasteiger partial charge in [-0.25, -0.2) is 4.98 Å². The Morgan fingerprint density at radius 3 is 2.66 bits per heavy atom. The first-order chi connectivity index (χ1) is 15.7. The second-order valence-electron chi connectivity index (χ2n) is 8.27. The molecule has 2 saturated heterocycles. The molecule has 2 fully saturated rings. The van der Waals surface area contributed by atoms with E-state index in [0.29, 0.717) is 34.5 Å². The Labute approximate surface area is 189 Å². The number of hydrogen-bond acceptors (Lipinski definition) is 6. The van der Waals surface area contributed by atoms with E-state index in [9.17, 15) is 5.11 Å². The summed E-state index contributed by atoms with van der Waals surface area (Å²) in [6.07, 6.45) is 7.16. The summed E-state index contributed by atoms with van der Waals surface area (Å²) in [5.41, 5.74) is 5.21. The van der Waals surface area contributed by atoms with Gasteiger partial charge in [-0.1, -0.05) is 54.1 Å². The van der Waals surface area contributed by atoms with Crippen molar-refractivity contribution in [2.24, 2.45) is 0 Å². The number of benzene rings is 1. The lowest BCUT2D eigenvalue weighted by molar-refractivity contribution is 0.00706. The van der Waals surface area contributed by atoms with Crippen molar-refractivity contribution in [3.63, 3.8) is 0 Å². The lowest BCUT2D eigenvalue weighted by Gasteiger charge is -2.15. The summed E-state index contributed by atoms with van der Waals surface area (Å²) in [6, 6.07) is 10.4. The maximum absolute atomic E-state index is 9.90. The molecule has 7 nitrogen and oxygen atoms in total. The molecule has 6 rings (SSSR count). The lowest BCUT2D eigenvalue weighted by atomic mass is 9.98. The first-order valence-electron chi connectivity index (χ1n) is 10.8. The number of ether oxygens (including phenoxy) is 3. The van der Waals surface area contributed by atoms with E-state index in [0.717, 1.165) is 18.4 Å². The molecule has 0 amide bonds. The van der Waals surface area contributed by atoms with Gasteiger partial charge in [-0.05, 0) is 30.0 Å². The molecular weight excluding hydrogens is 430 g/mol. The molecule has 0 spiro atoms. The first kappa shape index (κ1) is 19.9. The Bertz CT molecular complexity index is 1220. The van der Waals surface area contributed by atoms with Crippen LogP contribution in [0.4, 0.5) is 0 Å². The molecule has 2 N–H and O–H groups in total. The summed E-state index contributed by atoms with van der Waals surface area (Å²) >= 11 is 6.55. The molecule has 2 aromatic heterocycles. The van der Waals surface area contributed by atoms with Crippen LogP contribution in [-0.2, 0) is 9.47 Å². The molecule has 0 bridgehead atoms. The normalized spacial score (nSPS) is 27.0. The van der Waals surface area contributed by atoms with Crippen LogP contribution < -0.4 is 4.74 Å². The number of nitrogens with one attached hydrogen (secondary N) is 1. The Balaban J connectivity index is 1.25. The van der Waals surface area contributed by atoms with Gasteiger partial charge in [0.1, 0.15) is 18.3 Å². The van der Waals surface area contributed by atoms with E-state index in [2.05, 4.69) is 45.3 Å². The van der Waals surface area contributed by atoms with Crippen LogP contribution in [0.5, 0.6) is 6.01 Å². The number of nitrogens with zero attached hydrogens (tertiary/aromatic N) is 2. The van der Waals surface area contributed by atoms with Gasteiger partial charge in [-0.15, -0.1) is 0 Å².